The molecule has 1 aliphatic rings. The molecule has 3 N–H and O–H groups in total. The lowest BCUT2D eigenvalue weighted by Gasteiger charge is -2.32. The lowest BCUT2D eigenvalue weighted by Crippen LogP contribution is -2.34. The number of aryl methyl sites for hydroxylation is 1. The Morgan fingerprint density at radius 1 is 0.977 bits per heavy atom. The number of hydrogen-bond donors (Lipinski definition) is 3. The van der Waals surface area contributed by atoms with E-state index in [1.165, 1.54) is 18.2 Å². The van der Waals surface area contributed by atoms with Crippen LogP contribution >= 0.6 is 0 Å². The number of para-hydroxylation sites is 1. The van der Waals surface area contributed by atoms with E-state index in [2.05, 4.69) is 36.7 Å². The molecular weight excluding hydrogens is 565 g/mol. The van der Waals surface area contributed by atoms with Crippen molar-refractivity contribution in [3.63, 3.8) is 0 Å². The number of carbonyl (C=O) groups is 1. The number of nitrogens with zero attached hydrogens (tertiary/aromatic N) is 2. The molecule has 0 saturated carbocycles. The summed E-state index contributed by atoms with van der Waals surface area (Å²) in [7, 11) is -4.01. The Balaban J connectivity index is 1.49. The molecule has 226 valence electrons. The summed E-state index contributed by atoms with van der Waals surface area (Å²) in [6, 6.07) is 21.2. The maximum absolute atomic E-state index is 14.2. The van der Waals surface area contributed by atoms with E-state index in [1.54, 1.807) is 28.9 Å². The third-order valence-corrected chi connectivity index (χ3v) is 10.0. The average Bonchev–Trinajstić information content (AvgIpc) is 3.39. The zero-order valence-electron chi connectivity index (χ0n) is 24.9. The minimum Gasteiger partial charge on any atom is -0.317 e. The molecule has 43 heavy (non-hydrogen) atoms. The smallest absolute Gasteiger partial charge is 0.317 e. The van der Waals surface area contributed by atoms with Gasteiger partial charge in [-0.1, -0.05) is 62.7 Å². The van der Waals surface area contributed by atoms with Crippen LogP contribution in [0.1, 0.15) is 55.7 Å². The molecule has 1 unspecified atom stereocenters. The molecule has 2 amide bonds. The summed E-state index contributed by atoms with van der Waals surface area (Å²) < 4.78 is 44.1. The van der Waals surface area contributed by atoms with E-state index in [1.807, 2.05) is 37.3 Å². The number of sulfone groups is 1. The van der Waals surface area contributed by atoms with Crippen LogP contribution in [0.3, 0.4) is 0 Å². The third kappa shape index (κ3) is 6.81. The van der Waals surface area contributed by atoms with Crippen molar-refractivity contribution in [2.24, 2.45) is 5.92 Å². The Hall–Kier alpha value is -4.02. The van der Waals surface area contributed by atoms with E-state index in [-0.39, 0.29) is 16.2 Å². The number of benzene rings is 3. The SMILES string of the molecule is Cc1ccc(-n2nc(C(C)(C)C)cc2NC(=O)Nc2ccccc2C(C2CCNCC2)S(=O)(=O)c2cccc(F)c2)cc1. The zero-order valence-corrected chi connectivity index (χ0v) is 25.7. The Kier molecular flexibility index (Phi) is 8.71. The van der Waals surface area contributed by atoms with Gasteiger partial charge in [0.05, 0.1) is 21.5 Å². The Morgan fingerprint density at radius 2 is 1.67 bits per heavy atom. The molecule has 0 bridgehead atoms. The number of aromatic nitrogens is 2. The molecule has 8 nitrogen and oxygen atoms in total. The fraction of sp³-hybridized carbons (Fsp3) is 0.333. The topological polar surface area (TPSA) is 105 Å². The van der Waals surface area contributed by atoms with Gasteiger partial charge in [-0.3, -0.25) is 5.32 Å². The van der Waals surface area contributed by atoms with Gasteiger partial charge >= 0.3 is 6.03 Å². The highest BCUT2D eigenvalue weighted by Crippen LogP contribution is 2.42. The summed E-state index contributed by atoms with van der Waals surface area (Å²) in [6.07, 6.45) is 1.26. The maximum atomic E-state index is 14.2. The standard InChI is InChI=1S/C33H38FN5O3S/c1-22-12-14-25(15-13-22)39-30(21-29(38-39)33(2,3)4)37-32(40)36-28-11-6-5-10-27(28)31(23-16-18-35-19-17-23)43(41,42)26-9-7-8-24(34)20-26/h5-15,20-21,23,31,35H,16-19H2,1-4H3,(H2,36,37,40). The molecule has 1 aromatic heterocycles. The van der Waals surface area contributed by atoms with Crippen LogP contribution in [0.15, 0.2) is 83.8 Å². The normalized spacial score (nSPS) is 15.2. The van der Waals surface area contributed by atoms with Crippen LogP contribution in [-0.2, 0) is 15.3 Å². The summed E-state index contributed by atoms with van der Waals surface area (Å²) in [5.74, 6) is -0.361. The summed E-state index contributed by atoms with van der Waals surface area (Å²) >= 11 is 0. The number of halogens is 1. The fourth-order valence-electron chi connectivity index (χ4n) is 5.46. The van der Waals surface area contributed by atoms with Gasteiger partial charge in [0.2, 0.25) is 0 Å². The first-order valence-corrected chi connectivity index (χ1v) is 16.0. The number of hydrogen-bond acceptors (Lipinski definition) is 5. The van der Waals surface area contributed by atoms with Crippen molar-refractivity contribution in [3.8, 4) is 5.69 Å². The summed E-state index contributed by atoms with van der Waals surface area (Å²) in [4.78, 5) is 13.4. The number of carbonyl (C=O) groups excluding carboxylic acids is 1. The van der Waals surface area contributed by atoms with Gasteiger partial charge < -0.3 is 10.6 Å². The van der Waals surface area contributed by atoms with Crippen LogP contribution < -0.4 is 16.0 Å². The predicted octanol–water partition coefficient (Wildman–Crippen LogP) is 6.78. The molecule has 5 rings (SSSR count). The van der Waals surface area contributed by atoms with Gasteiger partial charge in [-0.05, 0) is 80.7 Å². The number of urea groups is 1. The fourth-order valence-corrected chi connectivity index (χ4v) is 7.62. The molecule has 1 fully saturated rings. The largest absolute Gasteiger partial charge is 0.324 e. The van der Waals surface area contributed by atoms with Crippen molar-refractivity contribution in [2.45, 2.75) is 56.1 Å². The Labute approximate surface area is 252 Å². The van der Waals surface area contributed by atoms with Crippen molar-refractivity contribution < 1.29 is 17.6 Å². The first kappa shape index (κ1) is 30.4. The summed E-state index contributed by atoms with van der Waals surface area (Å²) in [6.45, 7) is 9.51. The molecule has 3 aromatic carbocycles. The van der Waals surface area contributed by atoms with Crippen LogP contribution in [0.2, 0.25) is 0 Å². The molecule has 10 heteroatoms. The van der Waals surface area contributed by atoms with Gasteiger partial charge in [0.1, 0.15) is 11.6 Å². The van der Waals surface area contributed by atoms with Crippen LogP contribution in [0, 0.1) is 18.7 Å². The first-order chi connectivity index (χ1) is 20.4. The maximum Gasteiger partial charge on any atom is 0.324 e. The van der Waals surface area contributed by atoms with Crippen molar-refractivity contribution in [2.75, 3.05) is 23.7 Å². The quantitative estimate of drug-likeness (QED) is 0.216. The van der Waals surface area contributed by atoms with Crippen LogP contribution in [0.4, 0.5) is 20.7 Å². The highest BCUT2D eigenvalue weighted by molar-refractivity contribution is 7.91. The second kappa shape index (κ2) is 12.3. The first-order valence-electron chi connectivity index (χ1n) is 14.5. The lowest BCUT2D eigenvalue weighted by atomic mass is 9.89. The van der Waals surface area contributed by atoms with Gasteiger partial charge in [-0.15, -0.1) is 0 Å². The molecule has 0 spiro atoms. The van der Waals surface area contributed by atoms with Crippen LogP contribution in [-0.4, -0.2) is 37.3 Å². The Bertz CT molecular complexity index is 1710. The summed E-state index contributed by atoms with van der Waals surface area (Å²) in [5, 5.41) is 12.9. The zero-order chi connectivity index (χ0) is 30.8. The molecule has 1 atom stereocenters. The van der Waals surface area contributed by atoms with E-state index in [4.69, 9.17) is 5.10 Å². The number of nitrogens with one attached hydrogen (secondary N) is 3. The molecule has 1 saturated heterocycles. The Morgan fingerprint density at radius 3 is 2.35 bits per heavy atom. The monoisotopic (exact) mass is 603 g/mol. The van der Waals surface area contributed by atoms with Crippen molar-refractivity contribution in [1.82, 2.24) is 15.1 Å². The van der Waals surface area contributed by atoms with E-state index in [0.717, 1.165) is 23.0 Å². The van der Waals surface area contributed by atoms with Crippen LogP contribution in [0.5, 0.6) is 0 Å². The van der Waals surface area contributed by atoms with Crippen LogP contribution in [0.25, 0.3) is 5.69 Å². The van der Waals surface area contributed by atoms with Gasteiger partial charge in [0, 0.05) is 17.2 Å². The van der Waals surface area contributed by atoms with Crippen molar-refractivity contribution >= 4 is 27.4 Å². The molecule has 2 heterocycles. The molecule has 4 aromatic rings. The van der Waals surface area contributed by atoms with E-state index in [0.29, 0.717) is 43.0 Å². The highest BCUT2D eigenvalue weighted by atomic mass is 32.2. The highest BCUT2D eigenvalue weighted by Gasteiger charge is 2.38. The second-order valence-electron chi connectivity index (χ2n) is 12.1. The number of amides is 2. The van der Waals surface area contributed by atoms with Crippen molar-refractivity contribution in [1.29, 1.82) is 0 Å². The number of piperidine rings is 1. The molecule has 1 aliphatic heterocycles. The predicted molar refractivity (Wildman–Crippen MR) is 168 cm³/mol. The molecular formula is C33H38FN5O3S. The van der Waals surface area contributed by atoms with E-state index < -0.39 is 26.9 Å². The van der Waals surface area contributed by atoms with Gasteiger partial charge in [-0.25, -0.2) is 22.3 Å². The van der Waals surface area contributed by atoms with Crippen molar-refractivity contribution in [3.05, 3.63) is 102 Å². The minimum absolute atomic E-state index is 0.0769. The molecule has 0 aliphatic carbocycles. The van der Waals surface area contributed by atoms with E-state index in [9.17, 15) is 17.6 Å². The third-order valence-electron chi connectivity index (χ3n) is 7.78. The van der Waals surface area contributed by atoms with Gasteiger partial charge in [0.25, 0.3) is 0 Å². The van der Waals surface area contributed by atoms with Gasteiger partial charge in [0.15, 0.2) is 9.84 Å². The number of rotatable bonds is 7. The minimum atomic E-state index is -4.01. The van der Waals surface area contributed by atoms with E-state index >= 15 is 0 Å². The number of anilines is 2. The summed E-state index contributed by atoms with van der Waals surface area (Å²) in [5.41, 5.74) is 3.28. The average molecular weight is 604 g/mol. The molecule has 0 radical (unpaired) electrons. The lowest BCUT2D eigenvalue weighted by molar-refractivity contribution is 0.262. The van der Waals surface area contributed by atoms with Gasteiger partial charge in [-0.2, -0.15) is 5.10 Å². The second-order valence-corrected chi connectivity index (χ2v) is 14.2.